The fourth-order valence-electron chi connectivity index (χ4n) is 0.902. The summed E-state index contributed by atoms with van der Waals surface area (Å²) >= 11 is 0. The summed E-state index contributed by atoms with van der Waals surface area (Å²) in [6.07, 6.45) is 7.95. The Labute approximate surface area is 73.4 Å². The smallest absolute Gasteiger partial charge is 0.0600 e. The Morgan fingerprint density at radius 3 is 2.33 bits per heavy atom. The monoisotopic (exact) mass is 162 g/mol. The van der Waals surface area contributed by atoms with Crippen LogP contribution in [0.5, 0.6) is 0 Å². The molecule has 0 radical (unpaired) electrons. The van der Waals surface area contributed by atoms with Crippen LogP contribution in [0.3, 0.4) is 0 Å². The molecule has 0 aromatic rings. The molecule has 2 nitrogen and oxygen atoms in total. The van der Waals surface area contributed by atoms with Gasteiger partial charge in [0.25, 0.3) is 0 Å². The normalized spacial score (nSPS) is 18.5. The second-order valence-electron chi connectivity index (χ2n) is 2.89. The van der Waals surface area contributed by atoms with Gasteiger partial charge in [-0.1, -0.05) is 11.6 Å². The average Bonchev–Trinajstić information content (AvgIpc) is 2.63. The third-order valence-corrected chi connectivity index (χ3v) is 1.61. The van der Waals surface area contributed by atoms with Crippen molar-refractivity contribution in [3.63, 3.8) is 0 Å². The van der Waals surface area contributed by atoms with Gasteiger partial charge in [-0.2, -0.15) is 0 Å². The van der Waals surface area contributed by atoms with Crippen LogP contribution >= 0.6 is 0 Å². The van der Waals surface area contributed by atoms with Crippen LogP contribution in [0.15, 0.2) is 33.8 Å². The summed E-state index contributed by atoms with van der Waals surface area (Å²) in [6, 6.07) is 0. The maximum Gasteiger partial charge on any atom is 0.0600 e. The van der Waals surface area contributed by atoms with Gasteiger partial charge in [-0.05, 0) is 26.0 Å². The van der Waals surface area contributed by atoms with Gasteiger partial charge in [0, 0.05) is 11.9 Å². The Balaban J connectivity index is 0.000000120. The molecule has 2 rings (SSSR count). The lowest BCUT2D eigenvalue weighted by atomic mass is 10.3. The van der Waals surface area contributed by atoms with Crippen molar-refractivity contribution in [2.45, 2.75) is 13.8 Å². The molecule has 2 heterocycles. The Kier molecular flexibility index (Phi) is 3.45. The van der Waals surface area contributed by atoms with Gasteiger partial charge in [0.1, 0.15) is 0 Å². The van der Waals surface area contributed by atoms with Crippen LogP contribution in [-0.4, -0.2) is 25.0 Å². The second kappa shape index (κ2) is 4.65. The maximum absolute atomic E-state index is 4.04. The van der Waals surface area contributed by atoms with E-state index in [1.807, 2.05) is 25.3 Å². The summed E-state index contributed by atoms with van der Waals surface area (Å²) in [5.74, 6) is 0. The zero-order valence-electron chi connectivity index (χ0n) is 7.62. The van der Waals surface area contributed by atoms with Crippen LogP contribution in [0.4, 0.5) is 0 Å². The van der Waals surface area contributed by atoms with E-state index in [4.69, 9.17) is 0 Å². The van der Waals surface area contributed by atoms with E-state index in [2.05, 4.69) is 23.0 Å². The van der Waals surface area contributed by atoms with Gasteiger partial charge < -0.3 is 0 Å². The fraction of sp³-hybridized carbons (Fsp3) is 0.400. The first-order valence-corrected chi connectivity index (χ1v) is 4.12. The summed E-state index contributed by atoms with van der Waals surface area (Å²) in [5.41, 5.74) is 2.50. The topological polar surface area (TPSA) is 24.7 Å². The molecule has 2 heteroatoms. The van der Waals surface area contributed by atoms with Crippen LogP contribution in [0.25, 0.3) is 0 Å². The Morgan fingerprint density at radius 1 is 1.33 bits per heavy atom. The molecule has 0 unspecified atom stereocenters. The highest BCUT2D eigenvalue weighted by Crippen LogP contribution is 1.95. The van der Waals surface area contributed by atoms with Crippen molar-refractivity contribution < 1.29 is 0 Å². The summed E-state index contributed by atoms with van der Waals surface area (Å²) in [5, 5.41) is 0. The van der Waals surface area contributed by atoms with E-state index in [0.717, 1.165) is 18.8 Å². The number of hydrogen-bond acceptors (Lipinski definition) is 2. The highest BCUT2D eigenvalue weighted by atomic mass is 14.7. The molecule has 0 aromatic carbocycles. The first kappa shape index (κ1) is 8.91. The van der Waals surface area contributed by atoms with E-state index in [1.54, 1.807) is 0 Å². The quantitative estimate of drug-likeness (QED) is 0.520. The van der Waals surface area contributed by atoms with E-state index in [-0.39, 0.29) is 0 Å². The van der Waals surface area contributed by atoms with Crippen LogP contribution in [0.2, 0.25) is 0 Å². The van der Waals surface area contributed by atoms with Crippen molar-refractivity contribution in [2.75, 3.05) is 13.1 Å². The van der Waals surface area contributed by atoms with Crippen LogP contribution < -0.4 is 0 Å². The Morgan fingerprint density at radius 2 is 2.17 bits per heavy atom. The Bertz CT molecular complexity index is 254. The first-order chi connectivity index (χ1) is 5.79. The number of nitrogens with zero attached hydrogens (tertiary/aromatic N) is 2. The molecule has 0 amide bonds. The minimum atomic E-state index is 0.895. The summed E-state index contributed by atoms with van der Waals surface area (Å²) in [4.78, 5) is 7.99. The van der Waals surface area contributed by atoms with Gasteiger partial charge in [-0.25, -0.2) is 0 Å². The second-order valence-corrected chi connectivity index (χ2v) is 2.89. The zero-order chi connectivity index (χ0) is 8.81. The molecular weight excluding hydrogens is 148 g/mol. The standard InChI is InChI=1S/2C5H7N/c1-5-2-3-6-4-5;1-5-3-2-4-6-5/h2*2-3H,4H2,1H3. The molecule has 0 fully saturated rings. The predicted molar refractivity (Wildman–Crippen MR) is 54.2 cm³/mol. The molecule has 0 aromatic heterocycles. The van der Waals surface area contributed by atoms with Crippen LogP contribution in [0, 0.1) is 0 Å². The molecule has 0 spiro atoms. The summed E-state index contributed by atoms with van der Waals surface area (Å²) in [6.45, 7) is 5.89. The lowest BCUT2D eigenvalue weighted by Gasteiger charge is -1.77. The highest BCUT2D eigenvalue weighted by molar-refractivity contribution is 5.94. The van der Waals surface area contributed by atoms with E-state index in [0.29, 0.717) is 0 Å². The lowest BCUT2D eigenvalue weighted by Crippen LogP contribution is -1.73. The van der Waals surface area contributed by atoms with E-state index in [9.17, 15) is 0 Å². The van der Waals surface area contributed by atoms with E-state index < -0.39 is 0 Å². The molecular formula is C10H14N2. The number of aliphatic imine (C=N–C) groups is 2. The molecule has 64 valence electrons. The molecule has 0 N–H and O–H groups in total. The third-order valence-electron chi connectivity index (χ3n) is 1.61. The van der Waals surface area contributed by atoms with Crippen LogP contribution in [0.1, 0.15) is 13.8 Å². The van der Waals surface area contributed by atoms with Crippen molar-refractivity contribution in [3.8, 4) is 0 Å². The molecule has 0 atom stereocenters. The lowest BCUT2D eigenvalue weighted by molar-refractivity contribution is 1.18. The molecule has 12 heavy (non-hydrogen) atoms. The zero-order valence-corrected chi connectivity index (χ0v) is 7.62. The summed E-state index contributed by atoms with van der Waals surface area (Å²) < 4.78 is 0. The number of rotatable bonds is 0. The van der Waals surface area contributed by atoms with Crippen molar-refractivity contribution in [2.24, 2.45) is 9.98 Å². The molecule has 0 saturated carbocycles. The maximum atomic E-state index is 4.04. The SMILES string of the molecule is CC1=CC=NC1.CC1=NCC=C1. The first-order valence-electron chi connectivity index (χ1n) is 4.12. The largest absolute Gasteiger partial charge is 0.289 e. The minimum Gasteiger partial charge on any atom is -0.289 e. The van der Waals surface area contributed by atoms with E-state index >= 15 is 0 Å². The minimum absolute atomic E-state index is 0.895. The van der Waals surface area contributed by atoms with Crippen molar-refractivity contribution in [3.05, 3.63) is 23.8 Å². The predicted octanol–water partition coefficient (Wildman–Crippen LogP) is 2.03. The van der Waals surface area contributed by atoms with Gasteiger partial charge in [0.15, 0.2) is 0 Å². The molecule has 0 bridgehead atoms. The van der Waals surface area contributed by atoms with Gasteiger partial charge >= 0.3 is 0 Å². The molecule has 2 aliphatic heterocycles. The Hall–Kier alpha value is -1.18. The van der Waals surface area contributed by atoms with Crippen molar-refractivity contribution >= 4 is 11.9 Å². The fourth-order valence-corrected chi connectivity index (χ4v) is 0.902. The molecule has 0 aliphatic carbocycles. The third kappa shape index (κ3) is 3.28. The van der Waals surface area contributed by atoms with Gasteiger partial charge in [-0.15, -0.1) is 0 Å². The van der Waals surface area contributed by atoms with Gasteiger partial charge in [0.2, 0.25) is 0 Å². The van der Waals surface area contributed by atoms with Gasteiger partial charge in [-0.3, -0.25) is 9.98 Å². The average molecular weight is 162 g/mol. The van der Waals surface area contributed by atoms with Crippen molar-refractivity contribution in [1.82, 2.24) is 0 Å². The highest BCUT2D eigenvalue weighted by Gasteiger charge is 1.87. The van der Waals surface area contributed by atoms with Gasteiger partial charge in [0.05, 0.1) is 13.1 Å². The molecule has 2 aliphatic rings. The van der Waals surface area contributed by atoms with Crippen LogP contribution in [-0.2, 0) is 0 Å². The van der Waals surface area contributed by atoms with E-state index in [1.165, 1.54) is 5.57 Å². The van der Waals surface area contributed by atoms with Crippen molar-refractivity contribution in [1.29, 1.82) is 0 Å². The summed E-state index contributed by atoms with van der Waals surface area (Å²) in [7, 11) is 0. The molecule has 0 saturated heterocycles. The number of allylic oxidation sites excluding steroid dienone is 2. The number of hydrogen-bond donors (Lipinski definition) is 0.